The molecule has 1 N–H and O–H groups in total. The van der Waals surface area contributed by atoms with E-state index in [4.69, 9.17) is 19.7 Å². The number of β-amino-alcohol motifs (C(OH)–C–C–N with tert-alkyl or cyclic N) is 1. The fourth-order valence-electron chi connectivity index (χ4n) is 6.71. The SMILES string of the molecule is Cc1c(Cc2nccc3cc(CN4CC[C@@H](O)C4)cnc23)cccc1-c1cccc(-c2nc3c(s2)CN(C(=O)OC(C)(C)C)C3)c1C. The van der Waals surface area contributed by atoms with Crippen LogP contribution in [0.1, 0.15) is 65.7 Å². The molecule has 0 spiro atoms. The monoisotopic (exact) mass is 647 g/mol. The summed E-state index contributed by atoms with van der Waals surface area (Å²) in [6.45, 7) is 13.5. The van der Waals surface area contributed by atoms with Crippen molar-refractivity contribution in [3.63, 3.8) is 0 Å². The van der Waals surface area contributed by atoms with E-state index < -0.39 is 5.60 Å². The van der Waals surface area contributed by atoms with Gasteiger partial charge in [-0.25, -0.2) is 9.78 Å². The van der Waals surface area contributed by atoms with E-state index in [0.29, 0.717) is 19.5 Å². The molecule has 0 unspecified atom stereocenters. The number of carbonyl (C=O) groups excluding carboxylic acids is 1. The summed E-state index contributed by atoms with van der Waals surface area (Å²) < 4.78 is 5.58. The first-order chi connectivity index (χ1) is 22.5. The molecule has 2 aliphatic heterocycles. The quantitative estimate of drug-likeness (QED) is 0.205. The fourth-order valence-corrected chi connectivity index (χ4v) is 7.88. The lowest BCUT2D eigenvalue weighted by Gasteiger charge is -2.24. The lowest BCUT2D eigenvalue weighted by molar-refractivity contribution is 0.0241. The Morgan fingerprint density at radius 3 is 2.53 bits per heavy atom. The second kappa shape index (κ2) is 12.4. The smallest absolute Gasteiger partial charge is 0.410 e. The normalized spacial score (nSPS) is 16.6. The van der Waals surface area contributed by atoms with E-state index in [1.165, 1.54) is 27.8 Å². The first-order valence-corrected chi connectivity index (χ1v) is 17.1. The van der Waals surface area contributed by atoms with Gasteiger partial charge in [0.05, 0.1) is 36.1 Å². The van der Waals surface area contributed by atoms with Crippen molar-refractivity contribution in [3.8, 4) is 21.7 Å². The van der Waals surface area contributed by atoms with Gasteiger partial charge < -0.3 is 9.84 Å². The molecule has 0 saturated carbocycles. The number of aliphatic hydroxyl groups is 1. The van der Waals surface area contributed by atoms with Crippen LogP contribution in [0.3, 0.4) is 0 Å². The van der Waals surface area contributed by atoms with Crippen molar-refractivity contribution in [2.45, 2.75) is 78.8 Å². The Morgan fingerprint density at radius 2 is 1.79 bits per heavy atom. The number of nitrogens with zero attached hydrogens (tertiary/aromatic N) is 5. The van der Waals surface area contributed by atoms with E-state index in [2.05, 4.69) is 61.2 Å². The highest BCUT2D eigenvalue weighted by Gasteiger charge is 2.31. The molecule has 7 rings (SSSR count). The molecule has 1 amide bonds. The van der Waals surface area contributed by atoms with Gasteiger partial charge >= 0.3 is 6.09 Å². The van der Waals surface area contributed by atoms with Gasteiger partial charge in [-0.15, -0.1) is 11.3 Å². The molecular formula is C38H41N5O3S. The lowest BCUT2D eigenvalue weighted by Crippen LogP contribution is -2.33. The third kappa shape index (κ3) is 6.52. The zero-order valence-corrected chi connectivity index (χ0v) is 28.5. The molecular weight excluding hydrogens is 607 g/mol. The fraction of sp³-hybridized carbons (Fsp3) is 0.368. The molecule has 2 aliphatic rings. The number of aromatic nitrogens is 3. The van der Waals surface area contributed by atoms with Crippen LogP contribution in [0.25, 0.3) is 32.6 Å². The molecule has 0 radical (unpaired) electrons. The minimum absolute atomic E-state index is 0.226. The Labute approximate surface area is 280 Å². The van der Waals surface area contributed by atoms with Gasteiger partial charge in [-0.05, 0) is 86.6 Å². The Kier molecular flexibility index (Phi) is 8.32. The number of aliphatic hydroxyl groups excluding tert-OH is 1. The van der Waals surface area contributed by atoms with Crippen LogP contribution < -0.4 is 0 Å². The van der Waals surface area contributed by atoms with Crippen LogP contribution in [0.15, 0.2) is 60.9 Å². The van der Waals surface area contributed by atoms with Crippen LogP contribution >= 0.6 is 11.3 Å². The zero-order chi connectivity index (χ0) is 32.9. The molecule has 0 bridgehead atoms. The summed E-state index contributed by atoms with van der Waals surface area (Å²) in [6, 6.07) is 17.2. The summed E-state index contributed by atoms with van der Waals surface area (Å²) >= 11 is 1.66. The minimum Gasteiger partial charge on any atom is -0.444 e. The molecule has 1 fully saturated rings. The van der Waals surface area contributed by atoms with Gasteiger partial charge in [-0.3, -0.25) is 19.8 Å². The van der Waals surface area contributed by atoms with Gasteiger partial charge in [-0.1, -0.05) is 36.4 Å². The van der Waals surface area contributed by atoms with Crippen LogP contribution in [0, 0.1) is 13.8 Å². The maximum absolute atomic E-state index is 12.6. The molecule has 1 atom stereocenters. The summed E-state index contributed by atoms with van der Waals surface area (Å²) in [5.41, 5.74) is 10.6. The topological polar surface area (TPSA) is 91.7 Å². The minimum atomic E-state index is -0.523. The summed E-state index contributed by atoms with van der Waals surface area (Å²) in [6.07, 6.45) is 4.84. The zero-order valence-electron chi connectivity index (χ0n) is 27.7. The summed E-state index contributed by atoms with van der Waals surface area (Å²) in [5.74, 6) is 0. The number of likely N-dealkylation sites (tertiary alicyclic amines) is 1. The number of hydrogen-bond donors (Lipinski definition) is 1. The number of ether oxygens (including phenoxy) is 1. The molecule has 1 saturated heterocycles. The number of benzene rings is 2. The largest absolute Gasteiger partial charge is 0.444 e. The molecule has 9 heteroatoms. The van der Waals surface area contributed by atoms with Crippen LogP contribution in [-0.4, -0.2) is 60.7 Å². The number of carbonyl (C=O) groups is 1. The standard InChI is InChI=1S/C38H41N5O3S/c1-23-26(17-32-35-27(12-14-39-32)16-25(18-40-35)19-42-15-13-28(44)20-42)8-6-9-29(23)30-10-7-11-31(24(30)2)36-41-33-21-43(22-34(33)47-36)37(45)46-38(3,4)5/h6-12,14,16,18,28,44H,13,15,17,19-22H2,1-5H3/t28-/m1/s1. The van der Waals surface area contributed by atoms with Gasteiger partial charge in [0.1, 0.15) is 10.6 Å². The second-order valence-electron chi connectivity index (χ2n) is 13.8. The molecule has 242 valence electrons. The van der Waals surface area contributed by atoms with Crippen molar-refractivity contribution in [1.82, 2.24) is 24.8 Å². The van der Waals surface area contributed by atoms with E-state index in [0.717, 1.165) is 69.4 Å². The van der Waals surface area contributed by atoms with Crippen molar-refractivity contribution >= 4 is 28.3 Å². The lowest BCUT2D eigenvalue weighted by atomic mass is 9.90. The van der Waals surface area contributed by atoms with Crippen LogP contribution in [0.2, 0.25) is 0 Å². The van der Waals surface area contributed by atoms with Crippen molar-refractivity contribution in [1.29, 1.82) is 0 Å². The van der Waals surface area contributed by atoms with E-state index >= 15 is 0 Å². The van der Waals surface area contributed by atoms with Crippen molar-refractivity contribution < 1.29 is 14.6 Å². The van der Waals surface area contributed by atoms with Crippen molar-refractivity contribution in [2.24, 2.45) is 0 Å². The molecule has 8 nitrogen and oxygen atoms in total. The third-order valence-electron chi connectivity index (χ3n) is 9.15. The van der Waals surface area contributed by atoms with E-state index in [1.807, 2.05) is 39.2 Å². The molecule has 0 aliphatic carbocycles. The van der Waals surface area contributed by atoms with Crippen LogP contribution in [0.4, 0.5) is 4.79 Å². The summed E-state index contributed by atoms with van der Waals surface area (Å²) in [7, 11) is 0. The van der Waals surface area contributed by atoms with Crippen molar-refractivity contribution in [3.05, 3.63) is 99.4 Å². The highest BCUT2D eigenvalue weighted by atomic mass is 32.1. The average molecular weight is 648 g/mol. The van der Waals surface area contributed by atoms with Crippen LogP contribution in [0.5, 0.6) is 0 Å². The van der Waals surface area contributed by atoms with Gasteiger partial charge in [0, 0.05) is 54.3 Å². The average Bonchev–Trinajstić information content (AvgIpc) is 3.73. The molecule has 2 aromatic carbocycles. The molecule has 47 heavy (non-hydrogen) atoms. The highest BCUT2D eigenvalue weighted by molar-refractivity contribution is 7.15. The maximum Gasteiger partial charge on any atom is 0.410 e. The predicted octanol–water partition coefficient (Wildman–Crippen LogP) is 7.45. The summed E-state index contributed by atoms with van der Waals surface area (Å²) in [5, 5.41) is 12.0. The molecule has 3 aromatic heterocycles. The number of thiazole rings is 1. The Hall–Kier alpha value is -4.18. The maximum atomic E-state index is 12.6. The molecule has 5 aromatic rings. The Balaban J connectivity index is 1.12. The number of amides is 1. The number of hydrogen-bond acceptors (Lipinski definition) is 8. The Bertz CT molecular complexity index is 1960. The van der Waals surface area contributed by atoms with E-state index in [1.54, 1.807) is 16.2 Å². The first-order valence-electron chi connectivity index (χ1n) is 16.3. The van der Waals surface area contributed by atoms with E-state index in [-0.39, 0.29) is 12.2 Å². The van der Waals surface area contributed by atoms with Crippen LogP contribution in [-0.2, 0) is 30.8 Å². The second-order valence-corrected chi connectivity index (χ2v) is 14.9. The van der Waals surface area contributed by atoms with Gasteiger partial charge in [-0.2, -0.15) is 0 Å². The van der Waals surface area contributed by atoms with Crippen molar-refractivity contribution in [2.75, 3.05) is 13.1 Å². The number of fused-ring (bicyclic) bond motifs is 2. The predicted molar refractivity (Wildman–Crippen MR) is 186 cm³/mol. The summed E-state index contributed by atoms with van der Waals surface area (Å²) in [4.78, 5) is 32.4. The first kappa shape index (κ1) is 31.4. The van der Waals surface area contributed by atoms with Gasteiger partial charge in [0.15, 0.2) is 0 Å². The van der Waals surface area contributed by atoms with Gasteiger partial charge in [0.25, 0.3) is 0 Å². The Morgan fingerprint density at radius 1 is 1.02 bits per heavy atom. The van der Waals surface area contributed by atoms with Gasteiger partial charge in [0.2, 0.25) is 0 Å². The highest BCUT2D eigenvalue weighted by Crippen LogP contribution is 2.39. The third-order valence-corrected chi connectivity index (χ3v) is 10.3. The van der Waals surface area contributed by atoms with E-state index in [9.17, 15) is 9.90 Å². The number of pyridine rings is 2. The molecule has 5 heterocycles. The number of rotatable bonds is 6.